The molecule has 21 heavy (non-hydrogen) atoms. The van der Waals surface area contributed by atoms with Crippen molar-refractivity contribution in [3.63, 3.8) is 0 Å². The molecule has 0 heterocycles. The van der Waals surface area contributed by atoms with E-state index in [1.165, 1.54) is 0 Å². The van der Waals surface area contributed by atoms with Gasteiger partial charge in [-0.15, -0.1) is 0 Å². The number of alkyl halides is 10. The first-order valence-electron chi connectivity index (χ1n) is 4.30. The summed E-state index contributed by atoms with van der Waals surface area (Å²) in [6, 6.07) is -6.82. The van der Waals surface area contributed by atoms with Gasteiger partial charge >= 0.3 is 24.8 Å². The van der Waals surface area contributed by atoms with E-state index in [0.717, 1.165) is 0 Å². The third-order valence-corrected chi connectivity index (χ3v) is 1.76. The summed E-state index contributed by atoms with van der Waals surface area (Å²) >= 11 is 0. The van der Waals surface area contributed by atoms with Gasteiger partial charge in [0.15, 0.2) is 0 Å². The quantitative estimate of drug-likeness (QED) is 0.556. The van der Waals surface area contributed by atoms with E-state index in [4.69, 9.17) is 0 Å². The standard InChI is InChI=1S/C7H3F12NO/c1-21-5(12,13)3(9)2(8)4(10,11)20(6(14,15)16)7(17,18)19/h1H3/b3-2+. The molecule has 0 radical (unpaired) electrons. The highest BCUT2D eigenvalue weighted by molar-refractivity contribution is 5.14. The molecule has 0 aromatic heterocycles. The number of hydrogen-bond acceptors (Lipinski definition) is 2. The van der Waals surface area contributed by atoms with Gasteiger partial charge in [-0.25, -0.2) is 4.39 Å². The van der Waals surface area contributed by atoms with Crippen LogP contribution in [0.4, 0.5) is 52.7 Å². The summed E-state index contributed by atoms with van der Waals surface area (Å²) < 4.78 is 150. The summed E-state index contributed by atoms with van der Waals surface area (Å²) in [7, 11) is -0.0592. The van der Waals surface area contributed by atoms with Crippen molar-refractivity contribution in [3.05, 3.63) is 11.7 Å². The van der Waals surface area contributed by atoms with Crippen LogP contribution in [0.15, 0.2) is 11.7 Å². The predicted molar refractivity (Wildman–Crippen MR) is 40.1 cm³/mol. The van der Waals surface area contributed by atoms with Crippen LogP contribution in [0.25, 0.3) is 0 Å². The first-order valence-corrected chi connectivity index (χ1v) is 4.30. The molecule has 0 aliphatic heterocycles. The van der Waals surface area contributed by atoms with E-state index in [1.54, 1.807) is 0 Å². The van der Waals surface area contributed by atoms with Gasteiger partial charge in [0, 0.05) is 7.11 Å². The molecule has 0 bridgehead atoms. The van der Waals surface area contributed by atoms with Gasteiger partial charge in [-0.05, 0) is 0 Å². The Hall–Kier alpha value is -1.18. The Morgan fingerprint density at radius 2 is 1.05 bits per heavy atom. The Morgan fingerprint density at radius 3 is 1.29 bits per heavy atom. The van der Waals surface area contributed by atoms with Crippen LogP contribution in [-0.4, -0.2) is 36.8 Å². The van der Waals surface area contributed by atoms with Crippen molar-refractivity contribution in [1.29, 1.82) is 0 Å². The highest BCUT2D eigenvalue weighted by atomic mass is 19.4. The van der Waals surface area contributed by atoms with Crippen LogP contribution in [0, 0.1) is 0 Å². The number of methoxy groups -OCH3 is 1. The van der Waals surface area contributed by atoms with E-state index < -0.39 is 41.3 Å². The molecule has 0 saturated carbocycles. The van der Waals surface area contributed by atoms with Crippen molar-refractivity contribution in [2.24, 2.45) is 0 Å². The highest BCUT2D eigenvalue weighted by Crippen LogP contribution is 2.47. The fourth-order valence-electron chi connectivity index (χ4n) is 0.910. The maximum Gasteiger partial charge on any atom is 0.472 e. The molecule has 0 unspecified atom stereocenters. The van der Waals surface area contributed by atoms with Gasteiger partial charge in [-0.2, -0.15) is 48.3 Å². The molecule has 0 aliphatic rings. The lowest BCUT2D eigenvalue weighted by Gasteiger charge is -2.32. The third-order valence-electron chi connectivity index (χ3n) is 1.76. The monoisotopic (exact) mass is 345 g/mol. The fraction of sp³-hybridized carbons (Fsp3) is 0.714. The zero-order chi connectivity index (χ0) is 17.4. The van der Waals surface area contributed by atoms with Gasteiger partial charge in [0.1, 0.15) is 0 Å². The largest absolute Gasteiger partial charge is 0.472 e. The number of nitrogens with zero attached hydrogens (tertiary/aromatic N) is 1. The van der Waals surface area contributed by atoms with Crippen molar-refractivity contribution in [2.75, 3.05) is 7.11 Å². The fourth-order valence-corrected chi connectivity index (χ4v) is 0.910. The molecule has 0 saturated heterocycles. The number of rotatable bonds is 4. The lowest BCUT2D eigenvalue weighted by Crippen LogP contribution is -2.58. The smallest absolute Gasteiger partial charge is 0.318 e. The molecule has 0 fully saturated rings. The number of ether oxygens (including phenoxy) is 1. The second-order valence-corrected chi connectivity index (χ2v) is 3.16. The van der Waals surface area contributed by atoms with Crippen LogP contribution >= 0.6 is 0 Å². The van der Waals surface area contributed by atoms with E-state index >= 15 is 0 Å². The molecular formula is C7H3F12NO. The molecule has 0 N–H and O–H groups in total. The minimum atomic E-state index is -6.94. The molecule has 2 nitrogen and oxygen atoms in total. The second-order valence-electron chi connectivity index (χ2n) is 3.16. The van der Waals surface area contributed by atoms with Gasteiger partial charge in [0.05, 0.1) is 0 Å². The van der Waals surface area contributed by atoms with Gasteiger partial charge in [-0.1, -0.05) is 4.90 Å². The van der Waals surface area contributed by atoms with Gasteiger partial charge in [0.25, 0.3) is 0 Å². The van der Waals surface area contributed by atoms with E-state index in [0.29, 0.717) is 0 Å². The van der Waals surface area contributed by atoms with Crippen LogP contribution in [0.5, 0.6) is 0 Å². The van der Waals surface area contributed by atoms with Gasteiger partial charge in [-0.3, -0.25) is 0 Å². The maximum absolute atomic E-state index is 12.8. The maximum atomic E-state index is 12.8. The molecule has 0 aromatic rings. The van der Waals surface area contributed by atoms with Gasteiger partial charge < -0.3 is 4.74 Å². The third kappa shape index (κ3) is 4.15. The minimum Gasteiger partial charge on any atom is -0.318 e. The van der Waals surface area contributed by atoms with Crippen molar-refractivity contribution in [1.82, 2.24) is 4.90 Å². The molecular weight excluding hydrogens is 342 g/mol. The summed E-state index contributed by atoms with van der Waals surface area (Å²) in [5.41, 5.74) is 0. The average molecular weight is 345 g/mol. The Balaban J connectivity index is 6.11. The highest BCUT2D eigenvalue weighted by Gasteiger charge is 2.69. The molecule has 126 valence electrons. The second kappa shape index (κ2) is 5.55. The minimum absolute atomic E-state index is 0.0592. The topological polar surface area (TPSA) is 12.5 Å². The average Bonchev–Trinajstić information content (AvgIpc) is 2.21. The summed E-state index contributed by atoms with van der Waals surface area (Å²) in [5, 5.41) is 0. The molecule has 0 aromatic carbocycles. The summed E-state index contributed by atoms with van der Waals surface area (Å²) in [5.74, 6) is -8.24. The van der Waals surface area contributed by atoms with Crippen molar-refractivity contribution < 1.29 is 57.4 Å². The van der Waals surface area contributed by atoms with Crippen LogP contribution in [-0.2, 0) is 4.74 Å². The molecule has 14 heteroatoms. The number of hydrogen-bond donors (Lipinski definition) is 0. The van der Waals surface area contributed by atoms with E-state index in [1.807, 2.05) is 0 Å². The Labute approximate surface area is 107 Å². The van der Waals surface area contributed by atoms with E-state index in [9.17, 15) is 52.7 Å². The van der Waals surface area contributed by atoms with Crippen LogP contribution in [0.1, 0.15) is 0 Å². The molecule has 0 rings (SSSR count). The number of halogens is 12. The van der Waals surface area contributed by atoms with E-state index in [-0.39, 0.29) is 7.11 Å². The normalized spacial score (nSPS) is 16.3. The Morgan fingerprint density at radius 1 is 0.714 bits per heavy atom. The Kier molecular flexibility index (Phi) is 5.24. The predicted octanol–water partition coefficient (Wildman–Crippen LogP) is 4.31. The lowest BCUT2D eigenvalue weighted by atomic mass is 10.3. The molecule has 0 aliphatic carbocycles. The summed E-state index contributed by atoms with van der Waals surface area (Å²) in [6.45, 7) is 0. The summed E-state index contributed by atoms with van der Waals surface area (Å²) in [6.07, 6.45) is -19.4. The molecule has 0 spiro atoms. The van der Waals surface area contributed by atoms with Crippen LogP contribution < -0.4 is 0 Å². The van der Waals surface area contributed by atoms with Crippen LogP contribution in [0.2, 0.25) is 0 Å². The van der Waals surface area contributed by atoms with Gasteiger partial charge in [0.2, 0.25) is 11.7 Å². The first-order chi connectivity index (χ1) is 8.99. The Bertz CT molecular complexity index is 393. The zero-order valence-electron chi connectivity index (χ0n) is 9.39. The molecule has 0 atom stereocenters. The van der Waals surface area contributed by atoms with Crippen molar-refractivity contribution in [2.45, 2.75) is 24.8 Å². The summed E-state index contributed by atoms with van der Waals surface area (Å²) in [4.78, 5) is -3.67. The van der Waals surface area contributed by atoms with E-state index in [2.05, 4.69) is 4.74 Å². The first kappa shape index (κ1) is 19.8. The SMILES string of the molecule is COC(F)(F)/C(F)=C(\F)C(F)(F)N(C(F)(F)F)C(F)(F)F. The van der Waals surface area contributed by atoms with Crippen molar-refractivity contribution >= 4 is 0 Å². The molecule has 0 amide bonds. The lowest BCUT2D eigenvalue weighted by molar-refractivity contribution is -0.434. The van der Waals surface area contributed by atoms with Crippen molar-refractivity contribution in [3.8, 4) is 0 Å². The van der Waals surface area contributed by atoms with Crippen LogP contribution in [0.3, 0.4) is 0 Å². The zero-order valence-corrected chi connectivity index (χ0v) is 9.39.